The second-order valence-corrected chi connectivity index (χ2v) is 4.05. The second-order valence-electron chi connectivity index (χ2n) is 4.05. The van der Waals surface area contributed by atoms with Crippen LogP contribution in [-0.2, 0) is 4.79 Å². The Morgan fingerprint density at radius 2 is 1.84 bits per heavy atom. The number of anilines is 1. The molecule has 98 valence electrons. The van der Waals surface area contributed by atoms with Gasteiger partial charge in [0, 0.05) is 6.07 Å². The molecule has 0 aliphatic rings. The fraction of sp³-hybridized carbons (Fsp3) is 0.133. The number of ether oxygens (including phenoxy) is 2. The molecule has 0 aliphatic carbocycles. The van der Waals surface area contributed by atoms with Crippen LogP contribution in [0.3, 0.4) is 0 Å². The van der Waals surface area contributed by atoms with Crippen LogP contribution in [-0.4, -0.2) is 13.5 Å². The van der Waals surface area contributed by atoms with Crippen molar-refractivity contribution in [3.63, 3.8) is 0 Å². The third kappa shape index (κ3) is 3.25. The van der Waals surface area contributed by atoms with E-state index in [0.29, 0.717) is 23.6 Å². The van der Waals surface area contributed by atoms with Crippen LogP contribution in [0.4, 0.5) is 5.69 Å². The van der Waals surface area contributed by atoms with Crippen molar-refractivity contribution in [2.75, 3.05) is 12.4 Å². The van der Waals surface area contributed by atoms with E-state index < -0.39 is 0 Å². The summed E-state index contributed by atoms with van der Waals surface area (Å²) in [7, 11) is 1.61. The van der Waals surface area contributed by atoms with E-state index in [2.05, 4.69) is 5.32 Å². The second kappa shape index (κ2) is 5.91. The zero-order valence-electron chi connectivity index (χ0n) is 10.8. The molecule has 4 nitrogen and oxygen atoms in total. The molecule has 0 fully saturated rings. The van der Waals surface area contributed by atoms with Gasteiger partial charge in [0.15, 0.2) is 5.75 Å². The average Bonchev–Trinajstić information content (AvgIpc) is 2.40. The summed E-state index contributed by atoms with van der Waals surface area (Å²) < 4.78 is 11.0. The van der Waals surface area contributed by atoms with Crippen LogP contribution in [0.2, 0.25) is 0 Å². The Balaban J connectivity index is 2.30. The molecule has 0 heterocycles. The van der Waals surface area contributed by atoms with Crippen molar-refractivity contribution < 1.29 is 14.3 Å². The molecule has 0 aliphatic heterocycles. The molecule has 0 saturated heterocycles. The van der Waals surface area contributed by atoms with Crippen LogP contribution in [0, 0.1) is 6.92 Å². The van der Waals surface area contributed by atoms with Gasteiger partial charge in [0.05, 0.1) is 12.8 Å². The van der Waals surface area contributed by atoms with Crippen molar-refractivity contribution in [2.45, 2.75) is 6.92 Å². The van der Waals surface area contributed by atoms with Crippen molar-refractivity contribution in [1.29, 1.82) is 0 Å². The molecule has 0 spiro atoms. The molecule has 1 N–H and O–H groups in total. The van der Waals surface area contributed by atoms with Gasteiger partial charge in [0.1, 0.15) is 11.5 Å². The lowest BCUT2D eigenvalue weighted by Crippen LogP contribution is -1.97. The van der Waals surface area contributed by atoms with Crippen molar-refractivity contribution in [2.24, 2.45) is 0 Å². The van der Waals surface area contributed by atoms with Gasteiger partial charge < -0.3 is 14.8 Å². The lowest BCUT2D eigenvalue weighted by molar-refractivity contribution is -0.105. The molecule has 2 aromatic carbocycles. The number of benzene rings is 2. The molecule has 0 saturated carbocycles. The number of carbonyl (C=O) groups excluding carboxylic acids is 1. The molecule has 0 bridgehead atoms. The van der Waals surface area contributed by atoms with Gasteiger partial charge in [0.2, 0.25) is 6.41 Å². The Morgan fingerprint density at radius 1 is 1.11 bits per heavy atom. The lowest BCUT2D eigenvalue weighted by atomic mass is 10.2. The Labute approximate surface area is 112 Å². The quantitative estimate of drug-likeness (QED) is 0.835. The maximum atomic E-state index is 10.5. The van der Waals surface area contributed by atoms with Crippen LogP contribution < -0.4 is 14.8 Å². The zero-order chi connectivity index (χ0) is 13.7. The Bertz CT molecular complexity index is 581. The van der Waals surface area contributed by atoms with E-state index in [0.717, 1.165) is 11.3 Å². The number of amides is 1. The average molecular weight is 257 g/mol. The number of hydrogen-bond acceptors (Lipinski definition) is 3. The minimum atomic E-state index is 0.585. The topological polar surface area (TPSA) is 47.6 Å². The van der Waals surface area contributed by atoms with Crippen LogP contribution >= 0.6 is 0 Å². The fourth-order valence-corrected chi connectivity index (χ4v) is 1.76. The standard InChI is InChI=1S/C15H15NO3/c1-11-7-12(18-2)9-13(8-11)19-15-6-4-3-5-14(15)16-10-17/h3-10H,1-2H3,(H,16,17). The highest BCUT2D eigenvalue weighted by atomic mass is 16.5. The van der Waals surface area contributed by atoms with E-state index in [4.69, 9.17) is 9.47 Å². The maximum absolute atomic E-state index is 10.5. The van der Waals surface area contributed by atoms with Crippen LogP contribution in [0.1, 0.15) is 5.56 Å². The Kier molecular flexibility index (Phi) is 4.03. The first-order valence-corrected chi connectivity index (χ1v) is 5.85. The molecule has 4 heteroatoms. The number of para-hydroxylation sites is 2. The first-order valence-electron chi connectivity index (χ1n) is 5.85. The number of nitrogens with one attached hydrogen (secondary N) is 1. The molecule has 2 rings (SSSR count). The van der Waals surface area contributed by atoms with E-state index in [-0.39, 0.29) is 0 Å². The van der Waals surface area contributed by atoms with Gasteiger partial charge in [-0.05, 0) is 36.8 Å². The van der Waals surface area contributed by atoms with Gasteiger partial charge in [-0.2, -0.15) is 0 Å². The first-order chi connectivity index (χ1) is 9.22. The van der Waals surface area contributed by atoms with Crippen molar-refractivity contribution in [3.8, 4) is 17.2 Å². The van der Waals surface area contributed by atoms with E-state index in [1.54, 1.807) is 25.3 Å². The molecule has 2 aromatic rings. The summed E-state index contributed by atoms with van der Waals surface area (Å²) in [5.74, 6) is 1.98. The van der Waals surface area contributed by atoms with Crippen LogP contribution in [0.5, 0.6) is 17.2 Å². The van der Waals surface area contributed by atoms with Crippen molar-refractivity contribution in [3.05, 3.63) is 48.0 Å². The van der Waals surface area contributed by atoms with Crippen LogP contribution in [0.25, 0.3) is 0 Å². The summed E-state index contributed by atoms with van der Waals surface area (Å²) in [4.78, 5) is 10.5. The molecule has 19 heavy (non-hydrogen) atoms. The minimum absolute atomic E-state index is 0.585. The fourth-order valence-electron chi connectivity index (χ4n) is 1.76. The van der Waals surface area contributed by atoms with Gasteiger partial charge >= 0.3 is 0 Å². The summed E-state index contributed by atoms with van der Waals surface area (Å²) in [6, 6.07) is 12.9. The van der Waals surface area contributed by atoms with Gasteiger partial charge in [-0.3, -0.25) is 4.79 Å². The summed E-state index contributed by atoms with van der Waals surface area (Å²) in [5, 5.41) is 2.60. The highest BCUT2D eigenvalue weighted by Crippen LogP contribution is 2.31. The molecule has 0 radical (unpaired) electrons. The molecule has 0 unspecified atom stereocenters. The summed E-state index contributed by atoms with van der Waals surface area (Å²) in [5.41, 5.74) is 1.66. The van der Waals surface area contributed by atoms with Gasteiger partial charge in [-0.15, -0.1) is 0 Å². The number of rotatable bonds is 5. The van der Waals surface area contributed by atoms with Crippen LogP contribution in [0.15, 0.2) is 42.5 Å². The number of hydrogen-bond donors (Lipinski definition) is 1. The summed E-state index contributed by atoms with van der Waals surface area (Å²) in [6.45, 7) is 1.96. The van der Waals surface area contributed by atoms with Gasteiger partial charge in [-0.1, -0.05) is 12.1 Å². The van der Waals surface area contributed by atoms with Gasteiger partial charge in [-0.25, -0.2) is 0 Å². The summed E-state index contributed by atoms with van der Waals surface area (Å²) >= 11 is 0. The molecular formula is C15H15NO3. The number of aryl methyl sites for hydroxylation is 1. The predicted molar refractivity (Wildman–Crippen MR) is 73.9 cm³/mol. The van der Waals surface area contributed by atoms with Gasteiger partial charge in [0.25, 0.3) is 0 Å². The highest BCUT2D eigenvalue weighted by molar-refractivity contribution is 5.75. The third-order valence-electron chi connectivity index (χ3n) is 2.59. The molecule has 1 amide bonds. The van der Waals surface area contributed by atoms with E-state index in [1.807, 2.05) is 31.2 Å². The molecular weight excluding hydrogens is 242 g/mol. The minimum Gasteiger partial charge on any atom is -0.497 e. The largest absolute Gasteiger partial charge is 0.497 e. The third-order valence-corrected chi connectivity index (χ3v) is 2.59. The van der Waals surface area contributed by atoms with E-state index in [1.165, 1.54) is 0 Å². The van der Waals surface area contributed by atoms with Crippen molar-refractivity contribution >= 4 is 12.1 Å². The molecule has 0 atom stereocenters. The smallest absolute Gasteiger partial charge is 0.211 e. The van der Waals surface area contributed by atoms with E-state index >= 15 is 0 Å². The Hall–Kier alpha value is -2.49. The normalized spacial score (nSPS) is 9.79. The SMILES string of the molecule is COc1cc(C)cc(Oc2ccccc2NC=O)c1. The first kappa shape index (κ1) is 13.0. The highest BCUT2D eigenvalue weighted by Gasteiger charge is 2.05. The van der Waals surface area contributed by atoms with E-state index in [9.17, 15) is 4.79 Å². The number of methoxy groups -OCH3 is 1. The number of carbonyl (C=O) groups is 1. The predicted octanol–water partition coefficient (Wildman–Crippen LogP) is 3.36. The lowest BCUT2D eigenvalue weighted by Gasteiger charge is -2.11. The monoisotopic (exact) mass is 257 g/mol. The van der Waals surface area contributed by atoms with Crippen molar-refractivity contribution in [1.82, 2.24) is 0 Å². The zero-order valence-corrected chi connectivity index (χ0v) is 10.8. The maximum Gasteiger partial charge on any atom is 0.211 e. The molecule has 0 aromatic heterocycles. The summed E-state index contributed by atoms with van der Waals surface area (Å²) in [6.07, 6.45) is 0.624. The Morgan fingerprint density at radius 3 is 2.58 bits per heavy atom.